The minimum atomic E-state index is -1.67. The van der Waals surface area contributed by atoms with E-state index in [2.05, 4.69) is 32.9 Å². The lowest BCUT2D eigenvalue weighted by atomic mass is 9.72. The molecule has 1 aliphatic carbocycles. The molecule has 11 heteroatoms. The van der Waals surface area contributed by atoms with Crippen LogP contribution in [-0.2, 0) is 9.53 Å². The highest BCUT2D eigenvalue weighted by Crippen LogP contribution is 2.41. The molecule has 276 valence electrons. The predicted molar refractivity (Wildman–Crippen MR) is 196 cm³/mol. The monoisotopic (exact) mass is 714 g/mol. The summed E-state index contributed by atoms with van der Waals surface area (Å²) in [5.74, 6) is -0.842. The smallest absolute Gasteiger partial charge is 0.336 e. The van der Waals surface area contributed by atoms with Gasteiger partial charge in [0, 0.05) is 18.2 Å². The van der Waals surface area contributed by atoms with Gasteiger partial charge in [-0.05, 0) is 74.3 Å². The van der Waals surface area contributed by atoms with E-state index in [0.29, 0.717) is 11.1 Å². The maximum Gasteiger partial charge on any atom is 0.336 e. The number of aliphatic hydroxyl groups is 4. The largest absolute Gasteiger partial charge is 0.507 e. The molecule has 2 heterocycles. The average Bonchev–Trinajstić information content (AvgIpc) is 3.08. The number of carbonyl (C=O) groups excluding carboxylic acids is 1. The third kappa shape index (κ3) is 8.80. The number of hydrogen-bond acceptors (Lipinski definition) is 11. The van der Waals surface area contributed by atoms with E-state index in [4.69, 9.17) is 18.6 Å². The lowest BCUT2D eigenvalue weighted by molar-refractivity contribution is -0.277. The van der Waals surface area contributed by atoms with E-state index < -0.39 is 54.5 Å². The Morgan fingerprint density at radius 2 is 1.73 bits per heavy atom. The van der Waals surface area contributed by atoms with Gasteiger partial charge in [-0.2, -0.15) is 0 Å². The van der Waals surface area contributed by atoms with Gasteiger partial charge < -0.3 is 44.2 Å². The Hall–Kier alpha value is -4.78. The van der Waals surface area contributed by atoms with E-state index in [-0.39, 0.29) is 33.4 Å². The second-order valence-electron chi connectivity index (χ2n) is 14.0. The number of rotatable bonds is 10. The molecule has 0 amide bonds. The number of allylic oxidation sites excluding steroid dienone is 9. The number of phenols is 1. The molecule has 5 rings (SSSR count). The third-order valence-corrected chi connectivity index (χ3v) is 9.43. The van der Waals surface area contributed by atoms with Crippen LogP contribution in [0.25, 0.3) is 22.1 Å². The fraction of sp³-hybridized carbons (Fsp3) is 0.366. The van der Waals surface area contributed by atoms with Crippen molar-refractivity contribution >= 4 is 16.9 Å². The molecule has 0 saturated carbocycles. The maximum absolute atomic E-state index is 13.4. The molecule has 11 nitrogen and oxygen atoms in total. The van der Waals surface area contributed by atoms with Crippen molar-refractivity contribution < 1.29 is 49.0 Å². The van der Waals surface area contributed by atoms with Gasteiger partial charge in [0.2, 0.25) is 11.7 Å². The van der Waals surface area contributed by atoms with E-state index in [1.807, 2.05) is 25.2 Å². The molecule has 0 bridgehead atoms. The first-order valence-electron chi connectivity index (χ1n) is 17.2. The fourth-order valence-corrected chi connectivity index (χ4v) is 6.49. The normalized spacial score (nSPS) is 24.2. The summed E-state index contributed by atoms with van der Waals surface area (Å²) in [5.41, 5.74) is 4.83. The Balaban J connectivity index is 1.22. The molecule has 5 atom stereocenters. The van der Waals surface area contributed by atoms with Crippen LogP contribution in [0.4, 0.5) is 0 Å². The summed E-state index contributed by atoms with van der Waals surface area (Å²) < 4.78 is 22.0. The third-order valence-electron chi connectivity index (χ3n) is 9.43. The van der Waals surface area contributed by atoms with Crippen LogP contribution in [0.5, 0.6) is 17.2 Å². The molecule has 2 unspecified atom stereocenters. The van der Waals surface area contributed by atoms with Gasteiger partial charge in [0.05, 0.1) is 12.2 Å². The first-order chi connectivity index (χ1) is 24.7. The average molecular weight is 715 g/mol. The van der Waals surface area contributed by atoms with Gasteiger partial charge in [0.1, 0.15) is 58.9 Å². The molecule has 1 aliphatic heterocycles. The van der Waals surface area contributed by atoms with Crippen molar-refractivity contribution in [1.29, 1.82) is 0 Å². The van der Waals surface area contributed by atoms with Crippen LogP contribution >= 0.6 is 0 Å². The Labute approximate surface area is 302 Å². The SMILES string of the molecule is CC1=C(/C=C/C(C)=C/C=C/C(C)=C/C(=O)Oc2ccc(-c3coc4cc(O[C@@H]5OC(CO)[C@@H](O)[C@H](O)C5O)cc(O)c4c3=O)cc2)C(C)(C)CCC1. The van der Waals surface area contributed by atoms with Crippen LogP contribution in [0, 0.1) is 5.41 Å². The summed E-state index contributed by atoms with van der Waals surface area (Å²) in [6, 6.07) is 8.65. The van der Waals surface area contributed by atoms with Crippen LogP contribution < -0.4 is 14.9 Å². The van der Waals surface area contributed by atoms with Crippen molar-refractivity contribution in [3.63, 3.8) is 0 Å². The summed E-state index contributed by atoms with van der Waals surface area (Å²) >= 11 is 0. The van der Waals surface area contributed by atoms with Gasteiger partial charge in [-0.3, -0.25) is 4.79 Å². The molecule has 1 fully saturated rings. The standard InChI is InChI=1S/C41H46O11/c1-23(11-16-30-25(3)10-7-17-41(30,4)5)8-6-9-24(2)18-34(44)50-27-14-12-26(13-15-27)29-22-49-32-20-28(19-31(43)35(32)36(29)45)51-40-39(48)38(47)37(46)33(21-42)52-40/h6,8-9,11-16,18-20,22,33,37-40,42-43,46-48H,7,10,17,21H2,1-5H3/b9-6+,16-11+,23-8+,24-18+/t33?,37-,38+,39?,40-/m1/s1. The van der Waals surface area contributed by atoms with Crippen LogP contribution in [-0.4, -0.2) is 68.8 Å². The molecule has 1 saturated heterocycles. The number of aromatic hydroxyl groups is 1. The van der Waals surface area contributed by atoms with Gasteiger partial charge >= 0.3 is 5.97 Å². The van der Waals surface area contributed by atoms with E-state index in [0.717, 1.165) is 18.1 Å². The lowest BCUT2D eigenvalue weighted by Crippen LogP contribution is -2.60. The summed E-state index contributed by atoms with van der Waals surface area (Å²) in [5, 5.41) is 50.3. The molecule has 52 heavy (non-hydrogen) atoms. The van der Waals surface area contributed by atoms with Crippen molar-refractivity contribution in [2.24, 2.45) is 5.41 Å². The molecule has 0 radical (unpaired) electrons. The van der Waals surface area contributed by atoms with Crippen molar-refractivity contribution in [3.8, 4) is 28.4 Å². The molecule has 5 N–H and O–H groups in total. The molecule has 0 spiro atoms. The second kappa shape index (κ2) is 16.3. The fourth-order valence-electron chi connectivity index (χ4n) is 6.49. The second-order valence-corrected chi connectivity index (χ2v) is 14.0. The molecular weight excluding hydrogens is 668 g/mol. The lowest BCUT2D eigenvalue weighted by Gasteiger charge is -2.39. The van der Waals surface area contributed by atoms with Crippen LogP contribution in [0.3, 0.4) is 0 Å². The van der Waals surface area contributed by atoms with E-state index in [9.17, 15) is 35.1 Å². The molecule has 2 aliphatic rings. The van der Waals surface area contributed by atoms with E-state index in [1.165, 1.54) is 54.5 Å². The summed E-state index contributed by atoms with van der Waals surface area (Å²) in [7, 11) is 0. The van der Waals surface area contributed by atoms with Crippen LogP contribution in [0.2, 0.25) is 0 Å². The first kappa shape index (κ1) is 38.5. The number of benzene rings is 2. The molecular formula is C41H46O11. The Morgan fingerprint density at radius 1 is 1.00 bits per heavy atom. The zero-order valence-corrected chi connectivity index (χ0v) is 29.9. The van der Waals surface area contributed by atoms with E-state index in [1.54, 1.807) is 19.1 Å². The van der Waals surface area contributed by atoms with Gasteiger partial charge in [0.25, 0.3) is 0 Å². The summed E-state index contributed by atoms with van der Waals surface area (Å²) in [6.07, 6.45) is 8.62. The van der Waals surface area contributed by atoms with Crippen molar-refractivity contribution in [2.75, 3.05) is 6.61 Å². The minimum Gasteiger partial charge on any atom is -0.507 e. The van der Waals surface area contributed by atoms with Gasteiger partial charge in [0.15, 0.2) is 0 Å². The number of fused-ring (bicyclic) bond motifs is 1. The number of carbonyl (C=O) groups is 1. The van der Waals surface area contributed by atoms with Crippen LogP contribution in [0.1, 0.15) is 53.9 Å². The first-order valence-corrected chi connectivity index (χ1v) is 17.2. The van der Waals surface area contributed by atoms with Crippen LogP contribution in [0.15, 0.2) is 111 Å². The molecule has 1 aromatic heterocycles. The highest BCUT2D eigenvalue weighted by molar-refractivity contribution is 5.88. The molecule has 2 aromatic carbocycles. The van der Waals surface area contributed by atoms with Gasteiger partial charge in [-0.1, -0.05) is 67.5 Å². The Bertz CT molecular complexity index is 1990. The minimum absolute atomic E-state index is 0.0339. The van der Waals surface area contributed by atoms with Crippen molar-refractivity contribution in [1.82, 2.24) is 0 Å². The quantitative estimate of drug-likeness (QED) is 0.0745. The number of aliphatic hydroxyl groups excluding tert-OH is 4. The maximum atomic E-state index is 13.4. The Kier molecular flexibility index (Phi) is 12.0. The van der Waals surface area contributed by atoms with Gasteiger partial charge in [-0.15, -0.1) is 0 Å². The molecule has 3 aromatic rings. The summed E-state index contributed by atoms with van der Waals surface area (Å²) in [4.78, 5) is 26.0. The predicted octanol–water partition coefficient (Wildman–Crippen LogP) is 5.78. The number of ether oxygens (including phenoxy) is 3. The zero-order chi connectivity index (χ0) is 37.7. The van der Waals surface area contributed by atoms with Crippen molar-refractivity contribution in [2.45, 2.75) is 84.6 Å². The number of hydrogen-bond donors (Lipinski definition) is 5. The summed E-state index contributed by atoms with van der Waals surface area (Å²) in [6.45, 7) is 10.00. The highest BCUT2D eigenvalue weighted by Gasteiger charge is 2.44. The highest BCUT2D eigenvalue weighted by atomic mass is 16.7. The topological polar surface area (TPSA) is 176 Å². The number of esters is 1. The van der Waals surface area contributed by atoms with Crippen molar-refractivity contribution in [3.05, 3.63) is 112 Å². The Morgan fingerprint density at radius 3 is 2.42 bits per heavy atom. The van der Waals surface area contributed by atoms with Gasteiger partial charge in [-0.25, -0.2) is 4.79 Å². The van der Waals surface area contributed by atoms with E-state index >= 15 is 0 Å². The zero-order valence-electron chi connectivity index (χ0n) is 29.9. The number of phenolic OH excluding ortho intramolecular Hbond substituents is 1.